The monoisotopic (exact) mass is 424 g/mol. The largest absolute Gasteiger partial charge is 0.393 e. The van der Waals surface area contributed by atoms with Gasteiger partial charge in [0.1, 0.15) is 6.04 Å². The van der Waals surface area contributed by atoms with E-state index in [4.69, 9.17) is 0 Å². The molecule has 1 fully saturated rings. The van der Waals surface area contributed by atoms with Gasteiger partial charge in [-0.2, -0.15) is 0 Å². The second-order valence-electron chi connectivity index (χ2n) is 9.38. The molecule has 2 aromatic heterocycles. The molecule has 1 aromatic carbocycles. The average molecular weight is 425 g/mol. The number of aromatic amines is 1. The van der Waals surface area contributed by atoms with E-state index in [1.807, 2.05) is 23.7 Å². The van der Waals surface area contributed by atoms with Gasteiger partial charge in [0.05, 0.1) is 11.6 Å². The fourth-order valence-corrected chi connectivity index (χ4v) is 4.48. The number of hydrogen-bond acceptors (Lipinski definition) is 6. The number of piperidine rings is 1. The summed E-state index contributed by atoms with van der Waals surface area (Å²) in [6.07, 6.45) is 1.88. The Hall–Kier alpha value is -2.58. The predicted molar refractivity (Wildman–Crippen MR) is 120 cm³/mol. The highest BCUT2D eigenvalue weighted by molar-refractivity contribution is 5.83. The minimum atomic E-state index is -0.387. The molecule has 1 aliphatic rings. The first kappa shape index (κ1) is 21.6. The summed E-state index contributed by atoms with van der Waals surface area (Å²) in [7, 11) is 0. The lowest BCUT2D eigenvalue weighted by atomic mass is 9.96. The van der Waals surface area contributed by atoms with Crippen LogP contribution in [0.4, 0.5) is 0 Å². The van der Waals surface area contributed by atoms with E-state index in [-0.39, 0.29) is 23.2 Å². The number of aromatic nitrogens is 5. The van der Waals surface area contributed by atoms with Gasteiger partial charge in [0.25, 0.3) is 5.56 Å². The Morgan fingerprint density at radius 1 is 1.23 bits per heavy atom. The van der Waals surface area contributed by atoms with Crippen molar-refractivity contribution in [1.82, 2.24) is 30.1 Å². The fourth-order valence-electron chi connectivity index (χ4n) is 4.48. The quantitative estimate of drug-likeness (QED) is 0.653. The normalized spacial score (nSPS) is 17.4. The molecule has 0 spiro atoms. The molecule has 1 saturated heterocycles. The van der Waals surface area contributed by atoms with Crippen LogP contribution >= 0.6 is 0 Å². The van der Waals surface area contributed by atoms with Crippen molar-refractivity contribution in [2.75, 3.05) is 13.1 Å². The van der Waals surface area contributed by atoms with Crippen molar-refractivity contribution < 1.29 is 5.11 Å². The summed E-state index contributed by atoms with van der Waals surface area (Å²) in [6.45, 7) is 11.7. The van der Waals surface area contributed by atoms with Gasteiger partial charge in [0.2, 0.25) is 0 Å². The summed E-state index contributed by atoms with van der Waals surface area (Å²) in [5.74, 6) is 0.665. The van der Waals surface area contributed by atoms with E-state index in [0.29, 0.717) is 37.3 Å². The molecule has 4 rings (SSSR count). The first-order chi connectivity index (χ1) is 14.7. The Balaban J connectivity index is 1.92. The molecule has 8 heteroatoms. The summed E-state index contributed by atoms with van der Waals surface area (Å²) >= 11 is 0. The van der Waals surface area contributed by atoms with Gasteiger partial charge in [-0.05, 0) is 80.6 Å². The zero-order valence-corrected chi connectivity index (χ0v) is 19.0. The number of nitrogens with zero attached hydrogens (tertiary/aromatic N) is 5. The molecular weight excluding hydrogens is 392 g/mol. The number of likely N-dealkylation sites (tertiary alicyclic amines) is 1. The van der Waals surface area contributed by atoms with Gasteiger partial charge in [-0.15, -0.1) is 5.10 Å². The van der Waals surface area contributed by atoms with Crippen LogP contribution in [0.15, 0.2) is 23.0 Å². The van der Waals surface area contributed by atoms with Crippen LogP contribution in [0, 0.1) is 13.8 Å². The maximum atomic E-state index is 13.3. The molecule has 8 nitrogen and oxygen atoms in total. The molecule has 0 aliphatic carbocycles. The minimum absolute atomic E-state index is 0.127. The number of nitrogens with one attached hydrogen (secondary N) is 1. The molecule has 0 radical (unpaired) electrons. The summed E-state index contributed by atoms with van der Waals surface area (Å²) in [6, 6.07) is 5.74. The van der Waals surface area contributed by atoms with Crippen molar-refractivity contribution in [2.45, 2.75) is 71.6 Å². The first-order valence-electron chi connectivity index (χ1n) is 11.1. The van der Waals surface area contributed by atoms with E-state index >= 15 is 0 Å². The van der Waals surface area contributed by atoms with Crippen molar-refractivity contribution in [1.29, 1.82) is 0 Å². The molecule has 1 unspecified atom stereocenters. The third-order valence-electron chi connectivity index (χ3n) is 6.68. The van der Waals surface area contributed by atoms with Gasteiger partial charge in [-0.25, -0.2) is 4.68 Å². The van der Waals surface area contributed by atoms with Crippen LogP contribution < -0.4 is 5.56 Å². The average Bonchev–Trinajstić information content (AvgIpc) is 3.20. The Morgan fingerprint density at radius 3 is 2.61 bits per heavy atom. The number of hydrogen-bond donors (Lipinski definition) is 2. The van der Waals surface area contributed by atoms with E-state index < -0.39 is 0 Å². The van der Waals surface area contributed by atoms with Gasteiger partial charge in [-0.3, -0.25) is 9.69 Å². The zero-order chi connectivity index (χ0) is 22.3. The second-order valence-corrected chi connectivity index (χ2v) is 9.38. The number of aryl methyl sites for hydroxylation is 2. The highest BCUT2D eigenvalue weighted by Crippen LogP contribution is 2.32. The molecule has 3 aromatic rings. The van der Waals surface area contributed by atoms with Crippen molar-refractivity contribution in [3.05, 3.63) is 51.1 Å². The first-order valence-corrected chi connectivity index (χ1v) is 11.1. The maximum absolute atomic E-state index is 13.3. The molecular formula is C23H32N6O2. The fraction of sp³-hybridized carbons (Fsp3) is 0.565. The molecule has 31 heavy (non-hydrogen) atoms. The molecule has 2 N–H and O–H groups in total. The van der Waals surface area contributed by atoms with E-state index in [9.17, 15) is 9.90 Å². The van der Waals surface area contributed by atoms with Crippen molar-refractivity contribution >= 4 is 10.9 Å². The van der Waals surface area contributed by atoms with Crippen LogP contribution in [-0.4, -0.2) is 54.4 Å². The van der Waals surface area contributed by atoms with Crippen molar-refractivity contribution in [3.63, 3.8) is 0 Å². The van der Waals surface area contributed by atoms with Crippen LogP contribution in [-0.2, 0) is 5.54 Å². The summed E-state index contributed by atoms with van der Waals surface area (Å²) < 4.78 is 1.86. The Labute approximate surface area is 182 Å². The Bertz CT molecular complexity index is 1140. The van der Waals surface area contributed by atoms with Gasteiger partial charge in [0, 0.05) is 29.6 Å². The number of aliphatic hydroxyl groups excluding tert-OH is 1. The lowest BCUT2D eigenvalue weighted by molar-refractivity contribution is 0.0644. The highest BCUT2D eigenvalue weighted by atomic mass is 16.3. The summed E-state index contributed by atoms with van der Waals surface area (Å²) in [4.78, 5) is 18.6. The maximum Gasteiger partial charge on any atom is 0.253 e. The zero-order valence-electron chi connectivity index (χ0n) is 19.0. The summed E-state index contributed by atoms with van der Waals surface area (Å²) in [5.41, 5.74) is 3.30. The SMILES string of the molecule is CCC(C)(C)n1nnnc1C(c1cc2c(C)cc(C)cc2[nH]c1=O)N1CCC(O)CC1. The highest BCUT2D eigenvalue weighted by Gasteiger charge is 2.35. The molecule has 0 saturated carbocycles. The topological polar surface area (TPSA) is 99.9 Å². The third-order valence-corrected chi connectivity index (χ3v) is 6.68. The number of rotatable bonds is 5. The van der Waals surface area contributed by atoms with Crippen LogP contribution in [0.5, 0.6) is 0 Å². The van der Waals surface area contributed by atoms with Gasteiger partial charge >= 0.3 is 0 Å². The molecule has 1 aliphatic heterocycles. The standard InChI is InChI=1S/C23H32N6O2/c1-6-23(4,5)29-21(25-26-27-29)20(28-9-7-16(30)8-10-28)18-13-17-15(3)11-14(2)12-19(17)24-22(18)31/h11-13,16,20,30H,6-10H2,1-5H3,(H,24,31). The van der Waals surface area contributed by atoms with Crippen LogP contribution in [0.25, 0.3) is 10.9 Å². The van der Waals surface area contributed by atoms with E-state index in [1.54, 1.807) is 0 Å². The molecule has 3 heterocycles. The van der Waals surface area contributed by atoms with E-state index in [0.717, 1.165) is 28.5 Å². The number of fused-ring (bicyclic) bond motifs is 1. The summed E-state index contributed by atoms with van der Waals surface area (Å²) in [5, 5.41) is 23.8. The molecule has 166 valence electrons. The number of tetrazole rings is 1. The lowest BCUT2D eigenvalue weighted by Gasteiger charge is -2.36. The number of H-pyrrole nitrogens is 1. The smallest absolute Gasteiger partial charge is 0.253 e. The van der Waals surface area contributed by atoms with Gasteiger partial charge in [-0.1, -0.05) is 13.0 Å². The van der Waals surface area contributed by atoms with E-state index in [2.05, 4.69) is 59.2 Å². The van der Waals surface area contributed by atoms with Crippen LogP contribution in [0.1, 0.15) is 68.6 Å². The molecule has 1 atom stereocenters. The van der Waals surface area contributed by atoms with Gasteiger partial charge < -0.3 is 10.1 Å². The van der Waals surface area contributed by atoms with Crippen LogP contribution in [0.3, 0.4) is 0 Å². The lowest BCUT2D eigenvalue weighted by Crippen LogP contribution is -2.43. The van der Waals surface area contributed by atoms with Crippen molar-refractivity contribution in [2.24, 2.45) is 0 Å². The van der Waals surface area contributed by atoms with Crippen LogP contribution in [0.2, 0.25) is 0 Å². The Kier molecular flexibility index (Phi) is 5.70. The van der Waals surface area contributed by atoms with E-state index in [1.165, 1.54) is 0 Å². The molecule has 0 amide bonds. The number of aliphatic hydroxyl groups is 1. The van der Waals surface area contributed by atoms with Gasteiger partial charge in [0.15, 0.2) is 5.82 Å². The predicted octanol–water partition coefficient (Wildman–Crippen LogP) is 2.82. The molecule has 0 bridgehead atoms. The van der Waals surface area contributed by atoms with Crippen molar-refractivity contribution in [3.8, 4) is 0 Å². The Morgan fingerprint density at radius 2 is 1.94 bits per heavy atom. The number of benzene rings is 1. The second kappa shape index (κ2) is 8.16. The third kappa shape index (κ3) is 4.02. The number of pyridine rings is 1. The minimum Gasteiger partial charge on any atom is -0.393 e.